The number of carbonyl (C=O) groups excluding carboxylic acids is 1. The van der Waals surface area contributed by atoms with E-state index in [2.05, 4.69) is 5.10 Å². The molecule has 4 heteroatoms. The van der Waals surface area contributed by atoms with E-state index in [0.717, 1.165) is 28.8 Å². The van der Waals surface area contributed by atoms with Crippen molar-refractivity contribution in [3.63, 3.8) is 0 Å². The molecule has 3 nitrogen and oxygen atoms in total. The first kappa shape index (κ1) is 14.8. The Kier molecular flexibility index (Phi) is 3.74. The molecule has 0 aliphatic carbocycles. The molecule has 106 valence electrons. The Bertz CT molecular complexity index is 666. The lowest BCUT2D eigenvalue weighted by Gasteiger charge is -2.15. The molecule has 0 N–H and O–H groups in total. The second-order valence-corrected chi connectivity index (χ2v) is 6.48. The summed E-state index contributed by atoms with van der Waals surface area (Å²) in [5.41, 5.74) is 4.06. The van der Waals surface area contributed by atoms with Crippen molar-refractivity contribution < 1.29 is 4.79 Å². The predicted molar refractivity (Wildman–Crippen MR) is 82.1 cm³/mol. The van der Waals surface area contributed by atoms with E-state index in [1.165, 1.54) is 0 Å². The highest BCUT2D eigenvalue weighted by atomic mass is 35.5. The van der Waals surface area contributed by atoms with Crippen LogP contribution in [0, 0.1) is 13.8 Å². The van der Waals surface area contributed by atoms with Gasteiger partial charge in [-0.05, 0) is 31.0 Å². The molecule has 0 unspecified atom stereocenters. The molecule has 20 heavy (non-hydrogen) atoms. The normalized spacial score (nSPS) is 11.7. The summed E-state index contributed by atoms with van der Waals surface area (Å²) in [5, 5.41) is 4.95. The largest absolute Gasteiger partial charge is 0.298 e. The summed E-state index contributed by atoms with van der Waals surface area (Å²) in [6.07, 6.45) is 0.789. The number of rotatable bonds is 2. The zero-order valence-corrected chi connectivity index (χ0v) is 13.2. The van der Waals surface area contributed by atoms with Gasteiger partial charge in [-0.2, -0.15) is 5.10 Å². The second kappa shape index (κ2) is 5.06. The fourth-order valence-corrected chi connectivity index (χ4v) is 2.44. The molecule has 0 amide bonds. The van der Waals surface area contributed by atoms with Crippen molar-refractivity contribution in [2.45, 2.75) is 40.0 Å². The first-order chi connectivity index (χ1) is 9.25. The molecule has 1 aromatic heterocycles. The number of benzene rings is 1. The van der Waals surface area contributed by atoms with Crippen molar-refractivity contribution in [1.82, 2.24) is 9.78 Å². The smallest absolute Gasteiger partial charge is 0.155 e. The monoisotopic (exact) mass is 290 g/mol. The molecule has 0 aliphatic heterocycles. The molecular weight excluding hydrogens is 272 g/mol. The van der Waals surface area contributed by atoms with Crippen molar-refractivity contribution in [2.75, 3.05) is 0 Å². The van der Waals surface area contributed by atoms with Crippen LogP contribution in [0.4, 0.5) is 0 Å². The van der Waals surface area contributed by atoms with Crippen molar-refractivity contribution >= 4 is 17.9 Å². The fourth-order valence-electron chi connectivity index (χ4n) is 2.18. The second-order valence-electron chi connectivity index (χ2n) is 6.12. The van der Waals surface area contributed by atoms with E-state index in [-0.39, 0.29) is 5.41 Å². The topological polar surface area (TPSA) is 34.9 Å². The number of hydrogen-bond donors (Lipinski definition) is 0. The summed E-state index contributed by atoms with van der Waals surface area (Å²) >= 11 is 6.36. The third-order valence-corrected chi connectivity index (χ3v) is 3.65. The molecule has 0 atom stereocenters. The van der Waals surface area contributed by atoms with Crippen LogP contribution in [0.15, 0.2) is 18.2 Å². The lowest BCUT2D eigenvalue weighted by atomic mass is 9.90. The van der Waals surface area contributed by atoms with Gasteiger partial charge in [-0.3, -0.25) is 4.79 Å². The number of hydrogen-bond acceptors (Lipinski definition) is 2. The van der Waals surface area contributed by atoms with Gasteiger partial charge >= 0.3 is 0 Å². The lowest BCUT2D eigenvalue weighted by molar-refractivity contribution is 0.112. The minimum absolute atomic E-state index is 0.233. The van der Waals surface area contributed by atoms with Crippen molar-refractivity contribution in [3.8, 4) is 5.69 Å². The van der Waals surface area contributed by atoms with Crippen molar-refractivity contribution in [3.05, 3.63) is 45.7 Å². The van der Waals surface area contributed by atoms with Crippen LogP contribution in [0.1, 0.15) is 48.0 Å². The maximum Gasteiger partial charge on any atom is 0.155 e. The Morgan fingerprint density at radius 1 is 1.25 bits per heavy atom. The van der Waals surface area contributed by atoms with Crippen LogP contribution in [0.2, 0.25) is 5.15 Å². The van der Waals surface area contributed by atoms with Gasteiger partial charge in [-0.25, -0.2) is 4.68 Å². The average molecular weight is 291 g/mol. The molecule has 0 saturated carbocycles. The number of carbonyl (C=O) groups is 1. The highest BCUT2D eigenvalue weighted by Crippen LogP contribution is 2.31. The standard InChI is InChI=1S/C16H19ClN2O/c1-10-6-7-11(2)13(8-10)19-15(17)12(9-20)14(18-19)16(3,4)5/h6-9H,1-5H3. The molecule has 2 aromatic rings. The number of halogens is 1. The van der Waals surface area contributed by atoms with Crippen LogP contribution in [-0.4, -0.2) is 16.1 Å². The molecule has 1 heterocycles. The van der Waals surface area contributed by atoms with E-state index in [1.54, 1.807) is 4.68 Å². The third kappa shape index (κ3) is 2.50. The zero-order valence-electron chi connectivity index (χ0n) is 12.5. The van der Waals surface area contributed by atoms with Crippen molar-refractivity contribution in [2.24, 2.45) is 0 Å². The predicted octanol–water partition coefficient (Wildman–Crippen LogP) is 4.25. The molecule has 0 saturated heterocycles. The summed E-state index contributed by atoms with van der Waals surface area (Å²) < 4.78 is 1.66. The molecule has 1 aromatic carbocycles. The van der Waals surface area contributed by atoms with Crippen LogP contribution < -0.4 is 0 Å². The lowest BCUT2D eigenvalue weighted by Crippen LogP contribution is -2.14. The van der Waals surface area contributed by atoms with Gasteiger partial charge in [-0.15, -0.1) is 0 Å². The first-order valence-corrected chi connectivity index (χ1v) is 6.95. The number of aryl methyl sites for hydroxylation is 2. The highest BCUT2D eigenvalue weighted by molar-refractivity contribution is 6.32. The van der Waals surface area contributed by atoms with E-state index in [9.17, 15) is 4.79 Å². The van der Waals surface area contributed by atoms with Crippen LogP contribution in [0.3, 0.4) is 0 Å². The van der Waals surface area contributed by atoms with E-state index in [4.69, 9.17) is 11.6 Å². The third-order valence-electron chi connectivity index (χ3n) is 3.28. The van der Waals surface area contributed by atoms with Gasteiger partial charge in [0, 0.05) is 5.41 Å². The van der Waals surface area contributed by atoms with Gasteiger partial charge in [0.05, 0.1) is 16.9 Å². The van der Waals surface area contributed by atoms with E-state index in [0.29, 0.717) is 10.7 Å². The van der Waals surface area contributed by atoms with Crippen LogP contribution >= 0.6 is 11.6 Å². The minimum atomic E-state index is -0.233. The summed E-state index contributed by atoms with van der Waals surface area (Å²) in [6.45, 7) is 10.1. The number of nitrogens with zero attached hydrogens (tertiary/aromatic N) is 2. The zero-order chi connectivity index (χ0) is 15.1. The Morgan fingerprint density at radius 3 is 2.40 bits per heavy atom. The molecule has 0 spiro atoms. The Morgan fingerprint density at radius 2 is 1.90 bits per heavy atom. The van der Waals surface area contributed by atoms with Gasteiger partial charge in [0.25, 0.3) is 0 Å². The SMILES string of the molecule is Cc1ccc(C)c(-n2nc(C(C)(C)C)c(C=O)c2Cl)c1. The molecular formula is C16H19ClN2O. The molecule has 0 bridgehead atoms. The summed E-state index contributed by atoms with van der Waals surface area (Å²) in [4.78, 5) is 11.4. The maximum atomic E-state index is 11.4. The quantitative estimate of drug-likeness (QED) is 0.775. The summed E-state index contributed by atoms with van der Waals surface area (Å²) in [6, 6.07) is 6.09. The Balaban J connectivity index is 2.73. The van der Waals surface area contributed by atoms with E-state index >= 15 is 0 Å². The number of aromatic nitrogens is 2. The van der Waals surface area contributed by atoms with Gasteiger partial charge in [0.15, 0.2) is 6.29 Å². The van der Waals surface area contributed by atoms with Gasteiger partial charge in [-0.1, -0.05) is 44.5 Å². The van der Waals surface area contributed by atoms with Crippen LogP contribution in [0.5, 0.6) is 0 Å². The maximum absolute atomic E-state index is 11.4. The molecule has 0 fully saturated rings. The minimum Gasteiger partial charge on any atom is -0.298 e. The van der Waals surface area contributed by atoms with Gasteiger partial charge < -0.3 is 0 Å². The number of aldehydes is 1. The van der Waals surface area contributed by atoms with Crippen LogP contribution in [-0.2, 0) is 5.41 Å². The molecule has 0 aliphatic rings. The Hall–Kier alpha value is -1.61. The summed E-state index contributed by atoms with van der Waals surface area (Å²) in [7, 11) is 0. The average Bonchev–Trinajstić information content (AvgIpc) is 2.69. The summed E-state index contributed by atoms with van der Waals surface area (Å²) in [5.74, 6) is 0. The van der Waals surface area contributed by atoms with E-state index < -0.39 is 0 Å². The molecule has 0 radical (unpaired) electrons. The van der Waals surface area contributed by atoms with Gasteiger partial charge in [0.2, 0.25) is 0 Å². The molecule has 2 rings (SSSR count). The van der Waals surface area contributed by atoms with E-state index in [1.807, 2.05) is 52.8 Å². The van der Waals surface area contributed by atoms with Crippen LogP contribution in [0.25, 0.3) is 5.69 Å². The Labute approximate surface area is 124 Å². The first-order valence-electron chi connectivity index (χ1n) is 6.57. The van der Waals surface area contributed by atoms with Crippen molar-refractivity contribution in [1.29, 1.82) is 0 Å². The fraction of sp³-hybridized carbons (Fsp3) is 0.375. The highest BCUT2D eigenvalue weighted by Gasteiger charge is 2.26. The van der Waals surface area contributed by atoms with Gasteiger partial charge in [0.1, 0.15) is 5.15 Å².